The first kappa shape index (κ1) is 17.1. The number of nitrogens with one attached hydrogen (secondary N) is 1. The number of rotatable bonds is 6. The summed E-state index contributed by atoms with van der Waals surface area (Å²) in [6.07, 6.45) is 0.719. The monoisotopic (exact) mass is 413 g/mol. The van der Waals surface area contributed by atoms with Crippen LogP contribution in [0.5, 0.6) is 0 Å². The van der Waals surface area contributed by atoms with Gasteiger partial charge in [-0.3, -0.25) is 0 Å². The third-order valence-corrected chi connectivity index (χ3v) is 5.87. The summed E-state index contributed by atoms with van der Waals surface area (Å²) in [5.74, 6) is 0. The third kappa shape index (κ3) is 4.82. The number of hydrogen-bond donors (Lipinski definition) is 2. The number of halogens is 2. The fraction of sp³-hybridized carbons (Fsp3) is 0.500. The van der Waals surface area contributed by atoms with Crippen molar-refractivity contribution in [1.82, 2.24) is 4.72 Å². The maximum Gasteiger partial charge on any atom is 0.241 e. The van der Waals surface area contributed by atoms with Crippen LogP contribution in [0.15, 0.2) is 26.0 Å². The highest BCUT2D eigenvalue weighted by atomic mass is 79.9. The second-order valence-corrected chi connectivity index (χ2v) is 7.77. The van der Waals surface area contributed by atoms with E-state index < -0.39 is 16.1 Å². The van der Waals surface area contributed by atoms with Crippen LogP contribution in [0.1, 0.15) is 25.3 Å². The number of benzene rings is 1. The average molecular weight is 415 g/mol. The van der Waals surface area contributed by atoms with E-state index in [0.29, 0.717) is 10.9 Å². The van der Waals surface area contributed by atoms with Gasteiger partial charge in [-0.25, -0.2) is 13.1 Å². The normalized spacial score (nSPS) is 13.5. The minimum atomic E-state index is -3.63. The first-order valence-corrected chi connectivity index (χ1v) is 8.98. The molecular formula is C12H17Br2NO3S. The predicted molar refractivity (Wildman–Crippen MR) is 82.7 cm³/mol. The molecule has 0 fully saturated rings. The number of aliphatic hydroxyl groups excluding tert-OH is 1. The van der Waals surface area contributed by atoms with Crippen molar-refractivity contribution in [1.29, 1.82) is 0 Å². The molecular weight excluding hydrogens is 398 g/mol. The Bertz CT molecular complexity index is 546. The minimum absolute atomic E-state index is 0.0219. The van der Waals surface area contributed by atoms with Crippen LogP contribution < -0.4 is 4.72 Å². The van der Waals surface area contributed by atoms with Crippen molar-refractivity contribution in [2.75, 3.05) is 6.54 Å². The van der Waals surface area contributed by atoms with Crippen LogP contribution in [0.4, 0.5) is 0 Å². The van der Waals surface area contributed by atoms with Crippen LogP contribution in [-0.2, 0) is 10.0 Å². The van der Waals surface area contributed by atoms with Gasteiger partial charge in [-0.15, -0.1) is 0 Å². The molecule has 1 atom stereocenters. The summed E-state index contributed by atoms with van der Waals surface area (Å²) in [6.45, 7) is 3.84. The summed E-state index contributed by atoms with van der Waals surface area (Å²) in [5.41, 5.74) is 0.942. The van der Waals surface area contributed by atoms with E-state index >= 15 is 0 Å². The Hall–Kier alpha value is 0.0500. The highest BCUT2D eigenvalue weighted by molar-refractivity contribution is 9.11. The third-order valence-electron chi connectivity index (χ3n) is 2.63. The molecule has 0 aliphatic rings. The highest BCUT2D eigenvalue weighted by Crippen LogP contribution is 2.28. The molecule has 4 nitrogen and oxygen atoms in total. The van der Waals surface area contributed by atoms with Crippen LogP contribution in [0.2, 0.25) is 0 Å². The van der Waals surface area contributed by atoms with E-state index in [-0.39, 0.29) is 11.4 Å². The molecule has 19 heavy (non-hydrogen) atoms. The minimum Gasteiger partial charge on any atom is -0.392 e. The summed E-state index contributed by atoms with van der Waals surface area (Å²) < 4.78 is 28.0. The van der Waals surface area contributed by atoms with Crippen LogP contribution in [-0.4, -0.2) is 26.2 Å². The van der Waals surface area contributed by atoms with Gasteiger partial charge in [0.05, 0.1) is 11.0 Å². The smallest absolute Gasteiger partial charge is 0.241 e. The Morgan fingerprint density at radius 3 is 2.53 bits per heavy atom. The average Bonchev–Trinajstić information content (AvgIpc) is 2.31. The first-order chi connectivity index (χ1) is 8.77. The summed E-state index contributed by atoms with van der Waals surface area (Å²) in [5, 5.41) is 9.58. The maximum atomic E-state index is 12.2. The predicted octanol–water partition coefficient (Wildman–Crippen LogP) is 2.96. The Morgan fingerprint density at radius 2 is 1.95 bits per heavy atom. The van der Waals surface area contributed by atoms with Gasteiger partial charge in [-0.1, -0.05) is 29.3 Å². The van der Waals surface area contributed by atoms with E-state index in [1.807, 2.05) is 13.8 Å². The van der Waals surface area contributed by atoms with Crippen molar-refractivity contribution >= 4 is 41.9 Å². The zero-order chi connectivity index (χ0) is 14.6. The molecule has 0 aromatic heterocycles. The van der Waals surface area contributed by atoms with E-state index in [2.05, 4.69) is 36.6 Å². The molecule has 0 amide bonds. The highest BCUT2D eigenvalue weighted by Gasteiger charge is 2.19. The summed E-state index contributed by atoms with van der Waals surface area (Å²) in [6, 6.07) is 3.29. The second kappa shape index (κ2) is 7.17. The lowest BCUT2D eigenvalue weighted by Gasteiger charge is -2.13. The lowest BCUT2D eigenvalue weighted by Crippen LogP contribution is -2.32. The molecule has 0 saturated heterocycles. The Kier molecular flexibility index (Phi) is 6.46. The zero-order valence-electron chi connectivity index (χ0n) is 10.8. The van der Waals surface area contributed by atoms with Crippen molar-refractivity contribution in [3.63, 3.8) is 0 Å². The molecule has 1 aromatic carbocycles. The molecule has 0 aliphatic heterocycles. The van der Waals surface area contributed by atoms with E-state index in [1.165, 1.54) is 0 Å². The molecule has 1 aromatic rings. The first-order valence-electron chi connectivity index (χ1n) is 5.91. The van der Waals surface area contributed by atoms with Gasteiger partial charge in [0.1, 0.15) is 0 Å². The quantitative estimate of drug-likeness (QED) is 0.751. The van der Waals surface area contributed by atoms with Gasteiger partial charge in [0.15, 0.2) is 0 Å². The number of aryl methyl sites for hydroxylation is 1. The topological polar surface area (TPSA) is 66.4 Å². The van der Waals surface area contributed by atoms with Gasteiger partial charge in [0, 0.05) is 15.5 Å². The van der Waals surface area contributed by atoms with Crippen molar-refractivity contribution < 1.29 is 13.5 Å². The van der Waals surface area contributed by atoms with E-state index in [9.17, 15) is 13.5 Å². The van der Waals surface area contributed by atoms with Gasteiger partial charge >= 0.3 is 0 Å². The van der Waals surface area contributed by atoms with Crippen molar-refractivity contribution in [2.45, 2.75) is 37.7 Å². The molecule has 0 spiro atoms. The van der Waals surface area contributed by atoms with Gasteiger partial charge in [-0.05, 0) is 47.0 Å². The summed E-state index contributed by atoms with van der Waals surface area (Å²) >= 11 is 6.57. The molecule has 0 bridgehead atoms. The number of sulfonamides is 1. The molecule has 7 heteroatoms. The lowest BCUT2D eigenvalue weighted by molar-refractivity contribution is 0.167. The molecule has 0 heterocycles. The SMILES string of the molecule is CCCC(O)CNS(=O)(=O)c1cc(Br)c(C)cc1Br. The summed E-state index contributed by atoms with van der Waals surface area (Å²) in [7, 11) is -3.63. The fourth-order valence-corrected chi connectivity index (χ4v) is 4.30. The van der Waals surface area contributed by atoms with E-state index in [0.717, 1.165) is 16.5 Å². The number of aliphatic hydroxyl groups is 1. The van der Waals surface area contributed by atoms with Crippen molar-refractivity contribution in [3.8, 4) is 0 Å². The van der Waals surface area contributed by atoms with Gasteiger partial charge in [-0.2, -0.15) is 0 Å². The molecule has 1 rings (SSSR count). The van der Waals surface area contributed by atoms with Crippen molar-refractivity contribution in [2.24, 2.45) is 0 Å². The van der Waals surface area contributed by atoms with Gasteiger partial charge < -0.3 is 5.11 Å². The van der Waals surface area contributed by atoms with E-state index in [1.54, 1.807) is 12.1 Å². The lowest BCUT2D eigenvalue weighted by atomic mass is 10.2. The van der Waals surface area contributed by atoms with Crippen LogP contribution >= 0.6 is 31.9 Å². The van der Waals surface area contributed by atoms with E-state index in [4.69, 9.17) is 0 Å². The molecule has 2 N–H and O–H groups in total. The molecule has 1 unspecified atom stereocenters. The molecule has 0 radical (unpaired) electrons. The Morgan fingerprint density at radius 1 is 1.32 bits per heavy atom. The van der Waals surface area contributed by atoms with Gasteiger partial charge in [0.2, 0.25) is 10.0 Å². The standard InChI is InChI=1S/C12H17Br2NO3S/c1-3-4-9(16)7-15-19(17,18)12-6-10(13)8(2)5-11(12)14/h5-6,9,15-16H,3-4,7H2,1-2H3. The second-order valence-electron chi connectivity index (χ2n) is 4.33. The Balaban J connectivity index is 2.92. The van der Waals surface area contributed by atoms with Crippen LogP contribution in [0.25, 0.3) is 0 Å². The van der Waals surface area contributed by atoms with Crippen LogP contribution in [0.3, 0.4) is 0 Å². The fourth-order valence-electron chi connectivity index (χ4n) is 1.55. The number of hydrogen-bond acceptors (Lipinski definition) is 3. The summed E-state index contributed by atoms with van der Waals surface area (Å²) in [4.78, 5) is 0.161. The molecule has 0 saturated carbocycles. The maximum absolute atomic E-state index is 12.2. The largest absolute Gasteiger partial charge is 0.392 e. The zero-order valence-corrected chi connectivity index (χ0v) is 14.8. The molecule has 108 valence electrons. The van der Waals surface area contributed by atoms with Gasteiger partial charge in [0.25, 0.3) is 0 Å². The van der Waals surface area contributed by atoms with Crippen molar-refractivity contribution in [3.05, 3.63) is 26.6 Å². The Labute approximate surface area is 130 Å². The van der Waals surface area contributed by atoms with Crippen LogP contribution in [0, 0.1) is 6.92 Å². The molecule has 0 aliphatic carbocycles.